The molecule has 2 atom stereocenters. The first-order chi connectivity index (χ1) is 6.09. The molecule has 70 valence electrons. The molecule has 2 heteroatoms. The van der Waals surface area contributed by atoms with Gasteiger partial charge in [-0.2, -0.15) is 0 Å². The Hall–Kier alpha value is -1.12. The van der Waals surface area contributed by atoms with Gasteiger partial charge in [0.2, 0.25) is 0 Å². The highest BCUT2D eigenvalue weighted by atomic mass is 16.3. The Balaban J connectivity index is 3.00. The highest BCUT2D eigenvalue weighted by Crippen LogP contribution is 2.24. The third-order valence-electron chi connectivity index (χ3n) is 2.16. The minimum Gasteiger partial charge on any atom is -0.386 e. The molecule has 0 aliphatic rings. The average molecular weight is 178 g/mol. The Labute approximate surface area is 78.2 Å². The molecule has 0 radical (unpaired) electrons. The molecule has 1 aromatic carbocycles. The summed E-state index contributed by atoms with van der Waals surface area (Å²) < 4.78 is 0. The minimum atomic E-state index is -1.26. The van der Waals surface area contributed by atoms with Gasteiger partial charge in [0.05, 0.1) is 0 Å². The quantitative estimate of drug-likeness (QED) is 0.687. The van der Waals surface area contributed by atoms with Crippen molar-refractivity contribution < 1.29 is 10.2 Å². The highest BCUT2D eigenvalue weighted by molar-refractivity contribution is 5.24. The van der Waals surface area contributed by atoms with Crippen LogP contribution in [-0.4, -0.2) is 16.3 Å². The molecule has 0 aromatic heterocycles. The van der Waals surface area contributed by atoms with Gasteiger partial charge in [-0.05, 0) is 12.5 Å². The van der Waals surface area contributed by atoms with Gasteiger partial charge in [0, 0.05) is 0 Å². The van der Waals surface area contributed by atoms with Gasteiger partial charge >= 0.3 is 0 Å². The summed E-state index contributed by atoms with van der Waals surface area (Å²) in [5, 5.41) is 19.4. The molecule has 0 saturated carbocycles. The van der Waals surface area contributed by atoms with E-state index in [1.807, 2.05) is 18.2 Å². The van der Waals surface area contributed by atoms with Crippen LogP contribution in [-0.2, 0) is 5.60 Å². The topological polar surface area (TPSA) is 40.5 Å². The lowest BCUT2D eigenvalue weighted by Gasteiger charge is -2.27. The molecule has 13 heavy (non-hydrogen) atoms. The first-order valence-corrected chi connectivity index (χ1v) is 4.17. The molecule has 0 amide bonds. The van der Waals surface area contributed by atoms with E-state index in [2.05, 4.69) is 6.58 Å². The van der Waals surface area contributed by atoms with Crippen LogP contribution in [0.15, 0.2) is 43.0 Å². The zero-order chi connectivity index (χ0) is 9.90. The van der Waals surface area contributed by atoms with E-state index in [0.29, 0.717) is 5.56 Å². The normalized spacial score (nSPS) is 17.5. The summed E-state index contributed by atoms with van der Waals surface area (Å²) in [6.07, 6.45) is 0.377. The summed E-state index contributed by atoms with van der Waals surface area (Å²) in [6.45, 7) is 5.01. The van der Waals surface area contributed by atoms with Crippen molar-refractivity contribution in [2.75, 3.05) is 0 Å². The predicted molar refractivity (Wildman–Crippen MR) is 52.2 cm³/mol. The standard InChI is InChI=1S/C11H14O2/c1-3-10(12)11(2,13)9-7-5-4-6-8-9/h3-8,10,12-13H,1H2,2H3. The Morgan fingerprint density at radius 2 is 1.92 bits per heavy atom. The van der Waals surface area contributed by atoms with Crippen molar-refractivity contribution in [3.63, 3.8) is 0 Å². The highest BCUT2D eigenvalue weighted by Gasteiger charge is 2.29. The van der Waals surface area contributed by atoms with Gasteiger partial charge < -0.3 is 10.2 Å². The lowest BCUT2D eigenvalue weighted by atomic mass is 9.90. The van der Waals surface area contributed by atoms with E-state index in [4.69, 9.17) is 0 Å². The molecular formula is C11H14O2. The fourth-order valence-electron chi connectivity index (χ4n) is 1.18. The summed E-state index contributed by atoms with van der Waals surface area (Å²) in [4.78, 5) is 0. The van der Waals surface area contributed by atoms with E-state index >= 15 is 0 Å². The summed E-state index contributed by atoms with van der Waals surface area (Å²) >= 11 is 0. The van der Waals surface area contributed by atoms with Crippen molar-refractivity contribution in [1.82, 2.24) is 0 Å². The summed E-state index contributed by atoms with van der Waals surface area (Å²) in [6, 6.07) is 9.04. The number of rotatable bonds is 3. The lowest BCUT2D eigenvalue weighted by molar-refractivity contribution is -0.0422. The van der Waals surface area contributed by atoms with Crippen molar-refractivity contribution in [2.45, 2.75) is 18.6 Å². The van der Waals surface area contributed by atoms with Crippen LogP contribution in [0.5, 0.6) is 0 Å². The summed E-state index contributed by atoms with van der Waals surface area (Å²) in [5.74, 6) is 0. The SMILES string of the molecule is C=CC(O)C(C)(O)c1ccccc1. The molecule has 2 unspecified atom stereocenters. The van der Waals surface area contributed by atoms with Gasteiger partial charge in [-0.15, -0.1) is 6.58 Å². The van der Waals surface area contributed by atoms with Gasteiger partial charge in [0.25, 0.3) is 0 Å². The van der Waals surface area contributed by atoms with Crippen molar-refractivity contribution in [3.8, 4) is 0 Å². The molecule has 0 bridgehead atoms. The fourth-order valence-corrected chi connectivity index (χ4v) is 1.18. The van der Waals surface area contributed by atoms with Gasteiger partial charge in [-0.3, -0.25) is 0 Å². The maximum atomic E-state index is 9.93. The van der Waals surface area contributed by atoms with Gasteiger partial charge in [-0.25, -0.2) is 0 Å². The molecule has 1 rings (SSSR count). The van der Waals surface area contributed by atoms with E-state index in [-0.39, 0.29) is 0 Å². The van der Waals surface area contributed by atoms with Crippen molar-refractivity contribution in [1.29, 1.82) is 0 Å². The molecule has 0 aliphatic heterocycles. The zero-order valence-electron chi connectivity index (χ0n) is 7.64. The van der Waals surface area contributed by atoms with E-state index in [9.17, 15) is 10.2 Å². The van der Waals surface area contributed by atoms with E-state index in [0.717, 1.165) is 0 Å². The van der Waals surface area contributed by atoms with Gasteiger partial charge in [-0.1, -0.05) is 36.4 Å². The fraction of sp³-hybridized carbons (Fsp3) is 0.273. The van der Waals surface area contributed by atoms with Gasteiger partial charge in [0.15, 0.2) is 0 Å². The minimum absolute atomic E-state index is 0.683. The molecule has 1 aromatic rings. The Kier molecular flexibility index (Phi) is 2.86. The van der Waals surface area contributed by atoms with Crippen molar-refractivity contribution in [2.24, 2.45) is 0 Å². The monoisotopic (exact) mass is 178 g/mol. The molecule has 2 N–H and O–H groups in total. The van der Waals surface area contributed by atoms with Crippen molar-refractivity contribution >= 4 is 0 Å². The molecule has 0 aliphatic carbocycles. The smallest absolute Gasteiger partial charge is 0.116 e. The van der Waals surface area contributed by atoms with Crippen LogP contribution in [0, 0.1) is 0 Å². The van der Waals surface area contributed by atoms with Crippen LogP contribution in [0.25, 0.3) is 0 Å². The maximum Gasteiger partial charge on any atom is 0.116 e. The lowest BCUT2D eigenvalue weighted by Crippen LogP contribution is -2.34. The predicted octanol–water partition coefficient (Wildman–Crippen LogP) is 1.44. The van der Waals surface area contributed by atoms with Crippen LogP contribution >= 0.6 is 0 Å². The number of benzene rings is 1. The molecule has 0 saturated heterocycles. The number of aliphatic hydroxyl groups excluding tert-OH is 1. The third-order valence-corrected chi connectivity index (χ3v) is 2.16. The van der Waals surface area contributed by atoms with Crippen molar-refractivity contribution in [3.05, 3.63) is 48.6 Å². The second-order valence-corrected chi connectivity index (χ2v) is 3.19. The number of aliphatic hydroxyl groups is 2. The number of hydrogen-bond donors (Lipinski definition) is 2. The largest absolute Gasteiger partial charge is 0.386 e. The van der Waals surface area contributed by atoms with E-state index in [1.54, 1.807) is 19.1 Å². The van der Waals surface area contributed by atoms with E-state index in [1.165, 1.54) is 6.08 Å². The second-order valence-electron chi connectivity index (χ2n) is 3.19. The Bertz CT molecular complexity index is 277. The number of hydrogen-bond acceptors (Lipinski definition) is 2. The van der Waals surface area contributed by atoms with Crippen LogP contribution in [0.4, 0.5) is 0 Å². The van der Waals surface area contributed by atoms with Gasteiger partial charge in [0.1, 0.15) is 11.7 Å². The average Bonchev–Trinajstić information content (AvgIpc) is 2.18. The molecular weight excluding hydrogens is 164 g/mol. The molecule has 0 spiro atoms. The summed E-state index contributed by atoms with van der Waals surface area (Å²) in [7, 11) is 0. The van der Waals surface area contributed by atoms with E-state index < -0.39 is 11.7 Å². The molecule has 0 fully saturated rings. The molecule has 0 heterocycles. The Morgan fingerprint density at radius 1 is 1.38 bits per heavy atom. The first-order valence-electron chi connectivity index (χ1n) is 4.17. The van der Waals surface area contributed by atoms with Crippen LogP contribution in [0.1, 0.15) is 12.5 Å². The molecule has 2 nitrogen and oxygen atoms in total. The summed E-state index contributed by atoms with van der Waals surface area (Å²) in [5.41, 5.74) is -0.578. The maximum absolute atomic E-state index is 9.93. The van der Waals surface area contributed by atoms with Crippen LogP contribution < -0.4 is 0 Å². The second kappa shape index (κ2) is 3.73. The third kappa shape index (κ3) is 1.97. The first kappa shape index (κ1) is 9.96. The van der Waals surface area contributed by atoms with Crippen LogP contribution in [0.2, 0.25) is 0 Å². The Morgan fingerprint density at radius 3 is 2.38 bits per heavy atom. The zero-order valence-corrected chi connectivity index (χ0v) is 7.64. The van der Waals surface area contributed by atoms with Crippen LogP contribution in [0.3, 0.4) is 0 Å².